The van der Waals surface area contributed by atoms with Crippen LogP contribution in [0.25, 0.3) is 75.1 Å². The number of furan rings is 1. The summed E-state index contributed by atoms with van der Waals surface area (Å²) >= 11 is 1.87. The van der Waals surface area contributed by atoms with Crippen LogP contribution in [0, 0.1) is 0 Å². The van der Waals surface area contributed by atoms with Crippen LogP contribution in [0.4, 0.5) is 17.1 Å². The maximum atomic E-state index is 6.28. The summed E-state index contributed by atoms with van der Waals surface area (Å²) in [7, 11) is 0. The van der Waals surface area contributed by atoms with Crippen LogP contribution in [0.1, 0.15) is 43.6 Å². The van der Waals surface area contributed by atoms with Crippen LogP contribution in [0.15, 0.2) is 174 Å². The molecule has 2 aromatic heterocycles. The summed E-state index contributed by atoms with van der Waals surface area (Å²) < 4.78 is 8.87. The van der Waals surface area contributed by atoms with Crippen molar-refractivity contribution in [1.82, 2.24) is 0 Å². The summed E-state index contributed by atoms with van der Waals surface area (Å²) in [6, 6.07) is 62.6. The summed E-state index contributed by atoms with van der Waals surface area (Å²) in [5.41, 5.74) is 11.7. The van der Waals surface area contributed by atoms with Gasteiger partial charge in [-0.15, -0.1) is 11.3 Å². The van der Waals surface area contributed by atoms with Crippen molar-refractivity contribution < 1.29 is 4.42 Å². The van der Waals surface area contributed by atoms with E-state index in [0.717, 1.165) is 33.2 Å². The van der Waals surface area contributed by atoms with E-state index in [4.69, 9.17) is 4.42 Å². The Balaban J connectivity index is 1.20. The smallest absolute Gasteiger partial charge is 0.135 e. The van der Waals surface area contributed by atoms with Gasteiger partial charge in [-0.2, -0.15) is 0 Å². The van der Waals surface area contributed by atoms with Crippen LogP contribution in [0.5, 0.6) is 0 Å². The molecule has 0 aliphatic heterocycles. The van der Waals surface area contributed by atoms with E-state index >= 15 is 0 Å². The van der Waals surface area contributed by atoms with E-state index in [1.165, 1.54) is 96.7 Å². The lowest BCUT2D eigenvalue weighted by Gasteiger charge is -2.31. The highest BCUT2D eigenvalue weighted by Crippen LogP contribution is 2.51. The third-order valence-corrected chi connectivity index (χ3v) is 13.0. The van der Waals surface area contributed by atoms with Gasteiger partial charge in [0.25, 0.3) is 0 Å². The van der Waals surface area contributed by atoms with Gasteiger partial charge in [0.15, 0.2) is 0 Å². The number of fused-ring (bicyclic) bond motifs is 7. The number of rotatable bonds is 6. The largest absolute Gasteiger partial charge is 0.456 e. The average molecular weight is 726 g/mol. The molecule has 0 N–H and O–H groups in total. The molecular formula is C52H39NOS. The highest BCUT2D eigenvalue weighted by molar-refractivity contribution is 7.26. The summed E-state index contributed by atoms with van der Waals surface area (Å²) in [6.07, 6.45) is 6.49. The van der Waals surface area contributed by atoms with Gasteiger partial charge in [0.05, 0.1) is 17.1 Å². The molecule has 11 rings (SSSR count). The Kier molecular flexibility index (Phi) is 7.81. The summed E-state index contributed by atoms with van der Waals surface area (Å²) in [5.74, 6) is 0.586. The minimum atomic E-state index is 0.586. The van der Waals surface area contributed by atoms with Gasteiger partial charge in [-0.05, 0) is 94.8 Å². The Morgan fingerprint density at radius 3 is 1.96 bits per heavy atom. The number of nitrogens with zero attached hydrogens (tertiary/aromatic N) is 1. The summed E-state index contributed by atoms with van der Waals surface area (Å²) in [4.78, 5) is 2.55. The first-order chi connectivity index (χ1) is 27.3. The van der Waals surface area contributed by atoms with E-state index in [9.17, 15) is 0 Å². The lowest BCUT2D eigenvalue weighted by Crippen LogP contribution is -2.13. The maximum absolute atomic E-state index is 6.28. The quantitative estimate of drug-likeness (QED) is 0.170. The Hall–Kier alpha value is -6.16. The third-order valence-electron chi connectivity index (χ3n) is 11.9. The van der Waals surface area contributed by atoms with Gasteiger partial charge >= 0.3 is 0 Å². The van der Waals surface area contributed by atoms with Gasteiger partial charge in [-0.25, -0.2) is 0 Å². The van der Waals surface area contributed by atoms with E-state index in [1.54, 1.807) is 0 Å². The fraction of sp³-hybridized carbons (Fsp3) is 0.115. The predicted molar refractivity (Wildman–Crippen MR) is 235 cm³/mol. The molecule has 264 valence electrons. The normalized spacial score (nSPS) is 13.7. The zero-order chi connectivity index (χ0) is 36.3. The molecule has 1 aliphatic rings. The molecule has 0 spiro atoms. The molecule has 0 saturated heterocycles. The van der Waals surface area contributed by atoms with E-state index in [1.807, 2.05) is 17.4 Å². The molecule has 2 nitrogen and oxygen atoms in total. The fourth-order valence-electron chi connectivity index (χ4n) is 9.38. The van der Waals surface area contributed by atoms with Crippen molar-refractivity contribution in [3.63, 3.8) is 0 Å². The first-order valence-electron chi connectivity index (χ1n) is 19.6. The molecule has 10 aromatic rings. The van der Waals surface area contributed by atoms with Crippen molar-refractivity contribution in [2.24, 2.45) is 0 Å². The van der Waals surface area contributed by atoms with E-state index < -0.39 is 0 Å². The fourth-order valence-corrected chi connectivity index (χ4v) is 10.5. The summed E-state index contributed by atoms with van der Waals surface area (Å²) in [5, 5.41) is 7.55. The zero-order valence-corrected chi connectivity index (χ0v) is 31.4. The molecule has 55 heavy (non-hydrogen) atoms. The Labute approximate surface area is 324 Å². The Morgan fingerprint density at radius 1 is 0.455 bits per heavy atom. The number of anilines is 3. The lowest BCUT2D eigenvalue weighted by atomic mass is 9.80. The molecule has 1 saturated carbocycles. The molecule has 8 aromatic carbocycles. The predicted octanol–water partition coefficient (Wildman–Crippen LogP) is 16.0. The average Bonchev–Trinajstić information content (AvgIpc) is 3.83. The second kappa shape index (κ2) is 13.3. The Bertz CT molecular complexity index is 3050. The van der Waals surface area contributed by atoms with Crippen LogP contribution in [-0.4, -0.2) is 0 Å². The second-order valence-electron chi connectivity index (χ2n) is 15.0. The first-order valence-corrected chi connectivity index (χ1v) is 20.4. The standard InChI is InChI=1S/C52H39NOS/c1-2-15-34(16-3-1)38-23-12-17-35-18-13-24-41(51(35)38)39-20-5-9-26-45(39)53(46-27-14-30-50-52(46)42-22-7-11-29-49(42)55-50)44-25-8-4-19-37(44)36-31-32-48-43(33-36)40-21-6-10-28-47(40)54-48/h4-14,17-34H,1-3,15-16H2. The minimum absolute atomic E-state index is 0.586. The highest BCUT2D eigenvalue weighted by atomic mass is 32.1. The van der Waals surface area contributed by atoms with Crippen LogP contribution in [0.2, 0.25) is 0 Å². The van der Waals surface area contributed by atoms with Gasteiger partial charge in [0.2, 0.25) is 0 Å². The third kappa shape index (κ3) is 5.37. The number of benzene rings is 8. The number of thiophene rings is 1. The monoisotopic (exact) mass is 725 g/mol. The molecule has 1 aliphatic carbocycles. The molecule has 1 fully saturated rings. The number of para-hydroxylation sites is 3. The van der Waals surface area contributed by atoms with Gasteiger partial charge in [0, 0.05) is 42.1 Å². The van der Waals surface area contributed by atoms with Crippen molar-refractivity contribution >= 4 is 81.3 Å². The molecule has 0 atom stereocenters. The molecule has 0 radical (unpaired) electrons. The lowest BCUT2D eigenvalue weighted by molar-refractivity contribution is 0.445. The van der Waals surface area contributed by atoms with Gasteiger partial charge in [0.1, 0.15) is 11.2 Å². The topological polar surface area (TPSA) is 16.4 Å². The minimum Gasteiger partial charge on any atom is -0.456 e. The summed E-state index contributed by atoms with van der Waals surface area (Å²) in [6.45, 7) is 0. The van der Waals surface area contributed by atoms with Crippen LogP contribution in [-0.2, 0) is 0 Å². The molecule has 0 amide bonds. The van der Waals surface area contributed by atoms with Crippen molar-refractivity contribution in [3.05, 3.63) is 175 Å². The van der Waals surface area contributed by atoms with Crippen molar-refractivity contribution in [1.29, 1.82) is 0 Å². The van der Waals surface area contributed by atoms with Gasteiger partial charge in [-0.1, -0.05) is 141 Å². The van der Waals surface area contributed by atoms with E-state index in [0.29, 0.717) is 5.92 Å². The molecule has 0 unspecified atom stereocenters. The van der Waals surface area contributed by atoms with E-state index in [-0.39, 0.29) is 0 Å². The second-order valence-corrected chi connectivity index (χ2v) is 16.1. The SMILES string of the molecule is c1ccc(N(c2ccccc2-c2cccc3cccc(C4CCCCC4)c23)c2cccc3sc4ccccc4c23)c(-c2ccc3oc4ccccc4c3c2)c1. The number of hydrogen-bond acceptors (Lipinski definition) is 3. The highest BCUT2D eigenvalue weighted by Gasteiger charge is 2.26. The number of hydrogen-bond donors (Lipinski definition) is 0. The molecular weight excluding hydrogens is 687 g/mol. The van der Waals surface area contributed by atoms with Crippen molar-refractivity contribution in [3.8, 4) is 22.3 Å². The first kappa shape index (κ1) is 32.3. The molecule has 0 bridgehead atoms. The van der Waals surface area contributed by atoms with Gasteiger partial charge < -0.3 is 9.32 Å². The van der Waals surface area contributed by atoms with Crippen LogP contribution in [0.3, 0.4) is 0 Å². The van der Waals surface area contributed by atoms with Crippen LogP contribution < -0.4 is 4.90 Å². The van der Waals surface area contributed by atoms with Crippen LogP contribution >= 0.6 is 11.3 Å². The molecule has 3 heteroatoms. The van der Waals surface area contributed by atoms with Crippen molar-refractivity contribution in [2.75, 3.05) is 4.90 Å². The van der Waals surface area contributed by atoms with Gasteiger partial charge in [-0.3, -0.25) is 0 Å². The van der Waals surface area contributed by atoms with E-state index in [2.05, 4.69) is 169 Å². The van der Waals surface area contributed by atoms with Crippen molar-refractivity contribution in [2.45, 2.75) is 38.0 Å². The molecule has 2 heterocycles. The zero-order valence-electron chi connectivity index (χ0n) is 30.5. The Morgan fingerprint density at radius 2 is 1.09 bits per heavy atom. The maximum Gasteiger partial charge on any atom is 0.135 e.